The number of hydrogen-bond acceptors (Lipinski definition) is 6. The highest BCUT2D eigenvalue weighted by molar-refractivity contribution is 7.89. The molecule has 0 atom stereocenters. The number of methoxy groups -OCH3 is 1. The third-order valence-corrected chi connectivity index (χ3v) is 7.24. The van der Waals surface area contributed by atoms with Gasteiger partial charge in [0.1, 0.15) is 11.5 Å². The first-order valence-corrected chi connectivity index (χ1v) is 11.4. The fraction of sp³-hybridized carbons (Fsp3) is 0.429. The molecule has 1 aliphatic rings. The van der Waals surface area contributed by atoms with E-state index in [0.717, 1.165) is 0 Å². The summed E-state index contributed by atoms with van der Waals surface area (Å²) in [5.41, 5.74) is 0.535. The standard InChI is InChI=1S/C21H26FN3O5S/c1-15-20(19(30-24-15)8-7-16-5-3-4-6-18(16)22)31(27,28)25-12-9-17(10-13-25)21(26)23-11-14-29-2/h3-8,17H,9-14H2,1-2H3,(H,23,26)/b8-7+. The zero-order valence-electron chi connectivity index (χ0n) is 17.5. The Morgan fingerprint density at radius 3 is 2.71 bits per heavy atom. The molecule has 168 valence electrons. The van der Waals surface area contributed by atoms with E-state index in [4.69, 9.17) is 9.26 Å². The van der Waals surface area contributed by atoms with Gasteiger partial charge in [-0.15, -0.1) is 0 Å². The van der Waals surface area contributed by atoms with Crippen molar-refractivity contribution in [3.05, 3.63) is 47.1 Å². The maximum absolute atomic E-state index is 13.9. The third kappa shape index (κ3) is 5.38. The average molecular weight is 452 g/mol. The molecule has 8 nitrogen and oxygen atoms in total. The molecular weight excluding hydrogens is 425 g/mol. The molecule has 1 aliphatic heterocycles. The highest BCUT2D eigenvalue weighted by Crippen LogP contribution is 2.29. The Hall–Kier alpha value is -2.56. The number of carbonyl (C=O) groups excluding carboxylic acids is 1. The van der Waals surface area contributed by atoms with Crippen molar-refractivity contribution >= 4 is 28.1 Å². The van der Waals surface area contributed by atoms with Crippen LogP contribution in [0.2, 0.25) is 0 Å². The van der Waals surface area contributed by atoms with E-state index < -0.39 is 15.8 Å². The van der Waals surface area contributed by atoms with Crippen molar-refractivity contribution in [3.8, 4) is 0 Å². The molecule has 10 heteroatoms. The number of halogens is 1. The van der Waals surface area contributed by atoms with Crippen molar-refractivity contribution in [2.45, 2.75) is 24.7 Å². The fourth-order valence-corrected chi connectivity index (χ4v) is 5.20. The number of benzene rings is 1. The van der Waals surface area contributed by atoms with Crippen molar-refractivity contribution in [2.24, 2.45) is 5.92 Å². The molecule has 3 rings (SSSR count). The van der Waals surface area contributed by atoms with Crippen LogP contribution in [0.5, 0.6) is 0 Å². The molecule has 2 heterocycles. The van der Waals surface area contributed by atoms with Gasteiger partial charge in [0.15, 0.2) is 10.7 Å². The lowest BCUT2D eigenvalue weighted by Crippen LogP contribution is -2.43. The first kappa shape index (κ1) is 23.1. The second-order valence-corrected chi connectivity index (χ2v) is 9.15. The second kappa shape index (κ2) is 10.2. The number of ether oxygens (including phenoxy) is 1. The fourth-order valence-electron chi connectivity index (χ4n) is 3.48. The molecule has 0 saturated carbocycles. The summed E-state index contributed by atoms with van der Waals surface area (Å²) in [6, 6.07) is 6.15. The third-order valence-electron chi connectivity index (χ3n) is 5.18. The number of carbonyl (C=O) groups is 1. The maximum atomic E-state index is 13.9. The van der Waals surface area contributed by atoms with Crippen LogP contribution < -0.4 is 5.32 Å². The SMILES string of the molecule is COCCNC(=O)C1CCN(S(=O)(=O)c2c(C)noc2/C=C/c2ccccc2F)CC1. The Morgan fingerprint density at radius 1 is 1.32 bits per heavy atom. The van der Waals surface area contributed by atoms with Crippen LogP contribution in [0.4, 0.5) is 4.39 Å². The van der Waals surface area contributed by atoms with Crippen LogP contribution in [-0.4, -0.2) is 57.1 Å². The summed E-state index contributed by atoms with van der Waals surface area (Å²) in [5, 5.41) is 6.59. The summed E-state index contributed by atoms with van der Waals surface area (Å²) in [5.74, 6) is -0.721. The van der Waals surface area contributed by atoms with Gasteiger partial charge in [-0.2, -0.15) is 4.31 Å². The van der Waals surface area contributed by atoms with Crippen LogP contribution in [0.15, 0.2) is 33.7 Å². The first-order valence-electron chi connectivity index (χ1n) is 10.00. The Kier molecular flexibility index (Phi) is 7.58. The van der Waals surface area contributed by atoms with E-state index in [2.05, 4.69) is 10.5 Å². The molecule has 31 heavy (non-hydrogen) atoms. The average Bonchev–Trinajstić information content (AvgIpc) is 3.14. The van der Waals surface area contributed by atoms with Crippen molar-refractivity contribution < 1.29 is 26.9 Å². The van der Waals surface area contributed by atoms with Gasteiger partial charge >= 0.3 is 0 Å². The van der Waals surface area contributed by atoms with Crippen molar-refractivity contribution in [2.75, 3.05) is 33.4 Å². The molecule has 1 fully saturated rings. The van der Waals surface area contributed by atoms with Crippen molar-refractivity contribution in [3.63, 3.8) is 0 Å². The second-order valence-electron chi connectivity index (χ2n) is 7.28. The number of aryl methyl sites for hydroxylation is 1. The molecule has 0 unspecified atom stereocenters. The molecule has 1 amide bonds. The van der Waals surface area contributed by atoms with E-state index in [1.807, 2.05) is 0 Å². The first-order chi connectivity index (χ1) is 14.8. The van der Waals surface area contributed by atoms with Gasteiger partial charge in [0.05, 0.1) is 6.61 Å². The van der Waals surface area contributed by atoms with Crippen LogP contribution in [0, 0.1) is 18.7 Å². The lowest BCUT2D eigenvalue weighted by Gasteiger charge is -2.30. The number of nitrogens with zero attached hydrogens (tertiary/aromatic N) is 2. The smallest absolute Gasteiger partial charge is 0.248 e. The van der Waals surface area contributed by atoms with E-state index in [1.165, 1.54) is 22.5 Å². The molecule has 0 radical (unpaired) electrons. The topological polar surface area (TPSA) is 102 Å². The van der Waals surface area contributed by atoms with E-state index in [1.54, 1.807) is 32.2 Å². The van der Waals surface area contributed by atoms with Crippen LogP contribution in [-0.2, 0) is 19.6 Å². The van der Waals surface area contributed by atoms with Gasteiger partial charge < -0.3 is 14.6 Å². The zero-order valence-corrected chi connectivity index (χ0v) is 18.3. The minimum absolute atomic E-state index is 0.0388. The van der Waals surface area contributed by atoms with E-state index in [-0.39, 0.29) is 41.3 Å². The number of nitrogens with one attached hydrogen (secondary N) is 1. The molecule has 1 aromatic carbocycles. The van der Waals surface area contributed by atoms with Crippen molar-refractivity contribution in [1.29, 1.82) is 0 Å². The number of rotatable bonds is 8. The van der Waals surface area contributed by atoms with E-state index in [9.17, 15) is 17.6 Å². The van der Waals surface area contributed by atoms with Gasteiger partial charge in [-0.3, -0.25) is 4.79 Å². The van der Waals surface area contributed by atoms with E-state index in [0.29, 0.717) is 31.6 Å². The van der Waals surface area contributed by atoms with Gasteiger partial charge in [-0.05, 0) is 38.0 Å². The van der Waals surface area contributed by atoms with Gasteiger partial charge in [0.2, 0.25) is 15.9 Å². The Morgan fingerprint density at radius 2 is 2.03 bits per heavy atom. The number of hydrogen-bond donors (Lipinski definition) is 1. The Bertz CT molecular complexity index is 1040. The molecule has 1 saturated heterocycles. The molecule has 0 aliphatic carbocycles. The van der Waals surface area contributed by atoms with Crippen LogP contribution in [0.1, 0.15) is 29.9 Å². The summed E-state index contributed by atoms with van der Waals surface area (Å²) in [7, 11) is -2.33. The summed E-state index contributed by atoms with van der Waals surface area (Å²) in [6.45, 7) is 2.82. The normalized spacial score (nSPS) is 16.1. The number of sulfonamides is 1. The minimum Gasteiger partial charge on any atom is -0.383 e. The van der Waals surface area contributed by atoms with Crippen LogP contribution >= 0.6 is 0 Å². The number of piperidine rings is 1. The van der Waals surface area contributed by atoms with Gasteiger partial charge in [0.25, 0.3) is 0 Å². The number of aromatic nitrogens is 1. The Balaban J connectivity index is 1.73. The molecule has 1 aromatic heterocycles. The summed E-state index contributed by atoms with van der Waals surface area (Å²) < 4.78 is 51.8. The van der Waals surface area contributed by atoms with Gasteiger partial charge in [0, 0.05) is 38.2 Å². The van der Waals surface area contributed by atoms with E-state index >= 15 is 0 Å². The molecule has 1 N–H and O–H groups in total. The number of amides is 1. The molecular formula is C21H26FN3O5S. The minimum atomic E-state index is -3.88. The predicted octanol–water partition coefficient (Wildman–Crippen LogP) is 2.46. The largest absolute Gasteiger partial charge is 0.383 e. The molecule has 0 bridgehead atoms. The lowest BCUT2D eigenvalue weighted by atomic mass is 9.97. The van der Waals surface area contributed by atoms with Crippen molar-refractivity contribution in [1.82, 2.24) is 14.8 Å². The summed E-state index contributed by atoms with van der Waals surface area (Å²) >= 11 is 0. The highest BCUT2D eigenvalue weighted by Gasteiger charge is 2.35. The van der Waals surface area contributed by atoms with Gasteiger partial charge in [-0.1, -0.05) is 23.4 Å². The lowest BCUT2D eigenvalue weighted by molar-refractivity contribution is -0.126. The van der Waals surface area contributed by atoms with Crippen LogP contribution in [0.3, 0.4) is 0 Å². The monoisotopic (exact) mass is 451 g/mol. The summed E-state index contributed by atoms with van der Waals surface area (Å²) in [6.07, 6.45) is 3.69. The zero-order chi connectivity index (χ0) is 22.4. The molecule has 2 aromatic rings. The van der Waals surface area contributed by atoms with Gasteiger partial charge in [-0.25, -0.2) is 12.8 Å². The molecule has 0 spiro atoms. The maximum Gasteiger partial charge on any atom is 0.248 e. The van der Waals surface area contributed by atoms with Crippen LogP contribution in [0.25, 0.3) is 12.2 Å². The highest BCUT2D eigenvalue weighted by atomic mass is 32.2. The Labute approximate surface area is 181 Å². The predicted molar refractivity (Wildman–Crippen MR) is 113 cm³/mol. The summed E-state index contributed by atoms with van der Waals surface area (Å²) in [4.78, 5) is 12.2. The quantitative estimate of drug-likeness (QED) is 0.619.